The maximum Gasteiger partial charge on any atom is 0.265 e. The monoisotopic (exact) mass is 387 g/mol. The molecule has 0 bridgehead atoms. The lowest BCUT2D eigenvalue weighted by molar-refractivity contribution is 0.592. The molecule has 0 fully saturated rings. The highest BCUT2D eigenvalue weighted by Gasteiger charge is 2.26. The van der Waals surface area contributed by atoms with Crippen molar-refractivity contribution in [1.82, 2.24) is 0 Å². The molecule has 0 saturated carbocycles. The van der Waals surface area contributed by atoms with Gasteiger partial charge in [0.1, 0.15) is 4.90 Å². The van der Waals surface area contributed by atoms with Gasteiger partial charge in [-0.2, -0.15) is 0 Å². The van der Waals surface area contributed by atoms with Crippen molar-refractivity contribution in [3.8, 4) is 0 Å². The van der Waals surface area contributed by atoms with Crippen LogP contribution in [-0.4, -0.2) is 15.0 Å². The molecule has 2 aromatic rings. The zero-order valence-corrected chi connectivity index (χ0v) is 14.8. The number of aryl methyl sites for hydroxylation is 1. The van der Waals surface area contributed by atoms with Crippen molar-refractivity contribution in [2.24, 2.45) is 0 Å². The summed E-state index contributed by atoms with van der Waals surface area (Å²) in [4.78, 5) is 0.107. The van der Waals surface area contributed by atoms with Crippen LogP contribution < -0.4 is 4.31 Å². The Morgan fingerprint density at radius 1 is 1.19 bits per heavy atom. The third kappa shape index (κ3) is 3.42. The smallest absolute Gasteiger partial charge is 0.265 e. The van der Waals surface area contributed by atoms with Gasteiger partial charge in [0.15, 0.2) is 0 Å². The van der Waals surface area contributed by atoms with E-state index in [1.165, 1.54) is 10.4 Å². The van der Waals surface area contributed by atoms with Crippen molar-refractivity contribution >= 4 is 43.2 Å². The Hall–Kier alpha value is -1.04. The Labute approximate surface area is 138 Å². The molecular formula is C15H15BrClNO2S. The van der Waals surface area contributed by atoms with Crippen molar-refractivity contribution in [1.29, 1.82) is 0 Å². The van der Waals surface area contributed by atoms with Gasteiger partial charge in [0.25, 0.3) is 10.0 Å². The quantitative estimate of drug-likeness (QED) is 0.766. The molecule has 21 heavy (non-hydrogen) atoms. The fourth-order valence-corrected chi connectivity index (χ4v) is 4.56. The van der Waals surface area contributed by atoms with E-state index in [9.17, 15) is 8.42 Å². The van der Waals surface area contributed by atoms with Gasteiger partial charge >= 0.3 is 0 Å². The number of benzene rings is 2. The number of sulfonamides is 1. The predicted octanol–water partition coefficient (Wildman–Crippen LogP) is 4.63. The van der Waals surface area contributed by atoms with Crippen LogP contribution in [0.2, 0.25) is 5.02 Å². The highest BCUT2D eigenvalue weighted by Crippen LogP contribution is 2.30. The molecule has 0 amide bonds. The van der Waals surface area contributed by atoms with Gasteiger partial charge in [-0.25, -0.2) is 8.42 Å². The van der Waals surface area contributed by atoms with Crippen LogP contribution >= 0.6 is 27.5 Å². The minimum atomic E-state index is -3.69. The molecule has 0 unspecified atom stereocenters. The lowest BCUT2D eigenvalue weighted by atomic mass is 10.2. The zero-order valence-electron chi connectivity index (χ0n) is 11.7. The van der Waals surface area contributed by atoms with Crippen LogP contribution in [0.15, 0.2) is 51.8 Å². The maximum atomic E-state index is 12.8. The van der Waals surface area contributed by atoms with Crippen molar-refractivity contribution in [3.05, 3.63) is 57.5 Å². The zero-order chi connectivity index (χ0) is 15.6. The molecule has 0 saturated heterocycles. The Morgan fingerprint density at radius 3 is 2.48 bits per heavy atom. The summed E-state index contributed by atoms with van der Waals surface area (Å²) >= 11 is 9.38. The second-order valence-electron chi connectivity index (χ2n) is 4.58. The molecule has 0 spiro atoms. The molecule has 0 aliphatic rings. The van der Waals surface area contributed by atoms with E-state index in [4.69, 9.17) is 11.6 Å². The number of hydrogen-bond donors (Lipinski definition) is 0. The van der Waals surface area contributed by atoms with E-state index in [0.29, 0.717) is 12.2 Å². The fraction of sp³-hybridized carbons (Fsp3) is 0.200. The van der Waals surface area contributed by atoms with E-state index in [-0.39, 0.29) is 9.92 Å². The summed E-state index contributed by atoms with van der Waals surface area (Å²) in [5.41, 5.74) is 1.64. The summed E-state index contributed by atoms with van der Waals surface area (Å²) in [5.74, 6) is 0. The molecule has 0 atom stereocenters. The number of rotatable bonds is 4. The van der Waals surface area contributed by atoms with Gasteiger partial charge in [-0.15, -0.1) is 0 Å². The average molecular weight is 389 g/mol. The van der Waals surface area contributed by atoms with Crippen LogP contribution in [0.3, 0.4) is 0 Å². The summed E-state index contributed by atoms with van der Waals surface area (Å²) in [6, 6.07) is 12.2. The summed E-state index contributed by atoms with van der Waals surface area (Å²) in [6.45, 7) is 4.06. The molecule has 2 aromatic carbocycles. The first-order valence-electron chi connectivity index (χ1n) is 6.40. The molecule has 0 radical (unpaired) electrons. The van der Waals surface area contributed by atoms with E-state index < -0.39 is 10.0 Å². The highest BCUT2D eigenvalue weighted by molar-refractivity contribution is 9.10. The van der Waals surface area contributed by atoms with Gasteiger partial charge in [-0.05, 0) is 49.7 Å². The van der Waals surface area contributed by atoms with Gasteiger partial charge in [0.05, 0.1) is 10.7 Å². The van der Waals surface area contributed by atoms with Gasteiger partial charge in [-0.3, -0.25) is 4.31 Å². The van der Waals surface area contributed by atoms with Crippen molar-refractivity contribution in [3.63, 3.8) is 0 Å². The second-order valence-corrected chi connectivity index (χ2v) is 7.74. The Kier molecular flexibility index (Phi) is 4.96. The van der Waals surface area contributed by atoms with E-state index in [1.807, 2.05) is 25.1 Å². The third-order valence-corrected chi connectivity index (χ3v) is 5.92. The third-order valence-electron chi connectivity index (χ3n) is 3.04. The largest absolute Gasteiger partial charge is 0.267 e. The van der Waals surface area contributed by atoms with Crippen LogP contribution in [0.5, 0.6) is 0 Å². The van der Waals surface area contributed by atoms with Gasteiger partial charge in [0.2, 0.25) is 0 Å². The van der Waals surface area contributed by atoms with E-state index >= 15 is 0 Å². The molecule has 2 rings (SSSR count). The van der Waals surface area contributed by atoms with E-state index in [2.05, 4.69) is 15.9 Å². The first-order valence-corrected chi connectivity index (χ1v) is 9.02. The summed E-state index contributed by atoms with van der Waals surface area (Å²) in [6.07, 6.45) is 0. The summed E-state index contributed by atoms with van der Waals surface area (Å²) < 4.78 is 27.8. The number of anilines is 1. The predicted molar refractivity (Wildman–Crippen MR) is 90.5 cm³/mol. The second kappa shape index (κ2) is 6.38. The molecule has 0 aliphatic carbocycles. The minimum Gasteiger partial charge on any atom is -0.267 e. The maximum absolute atomic E-state index is 12.8. The van der Waals surface area contributed by atoms with Gasteiger partial charge in [0, 0.05) is 11.0 Å². The lowest BCUT2D eigenvalue weighted by Gasteiger charge is -2.23. The SMILES string of the molecule is CCN(c1cccc(C)c1)S(=O)(=O)c1ccc(Br)cc1Cl. The van der Waals surface area contributed by atoms with E-state index in [0.717, 1.165) is 10.0 Å². The molecule has 0 N–H and O–H groups in total. The molecule has 0 heterocycles. The van der Waals surface area contributed by atoms with E-state index in [1.54, 1.807) is 25.1 Å². The molecule has 0 aliphatic heterocycles. The van der Waals surface area contributed by atoms with Crippen LogP contribution in [0.4, 0.5) is 5.69 Å². The summed E-state index contributed by atoms with van der Waals surface area (Å²) in [5, 5.41) is 0.204. The van der Waals surface area contributed by atoms with Crippen LogP contribution in [0.1, 0.15) is 12.5 Å². The molecule has 3 nitrogen and oxygen atoms in total. The fourth-order valence-electron chi connectivity index (χ4n) is 2.08. The molecule has 0 aromatic heterocycles. The van der Waals surface area contributed by atoms with Gasteiger partial charge in [-0.1, -0.05) is 39.7 Å². The minimum absolute atomic E-state index is 0.107. The number of hydrogen-bond acceptors (Lipinski definition) is 2. The molecule has 6 heteroatoms. The number of halogens is 2. The normalized spacial score (nSPS) is 11.4. The first kappa shape index (κ1) is 16.3. The number of nitrogens with zero attached hydrogens (tertiary/aromatic N) is 1. The standard InChI is InChI=1S/C15H15BrClNO2S/c1-3-18(13-6-4-5-11(2)9-13)21(19,20)15-8-7-12(16)10-14(15)17/h4-10H,3H2,1-2H3. The van der Waals surface area contributed by atoms with Crippen molar-refractivity contribution < 1.29 is 8.42 Å². The van der Waals surface area contributed by atoms with Crippen molar-refractivity contribution in [2.45, 2.75) is 18.7 Å². The lowest BCUT2D eigenvalue weighted by Crippen LogP contribution is -2.31. The van der Waals surface area contributed by atoms with Crippen LogP contribution in [-0.2, 0) is 10.0 Å². The van der Waals surface area contributed by atoms with Gasteiger partial charge < -0.3 is 0 Å². The van der Waals surface area contributed by atoms with Crippen LogP contribution in [0.25, 0.3) is 0 Å². The summed E-state index contributed by atoms with van der Waals surface area (Å²) in [7, 11) is -3.69. The molecular weight excluding hydrogens is 374 g/mol. The highest BCUT2D eigenvalue weighted by atomic mass is 79.9. The Balaban J connectivity index is 2.54. The molecule has 112 valence electrons. The Morgan fingerprint density at radius 2 is 1.90 bits per heavy atom. The Bertz CT molecular complexity index is 762. The van der Waals surface area contributed by atoms with Crippen LogP contribution in [0, 0.1) is 6.92 Å². The average Bonchev–Trinajstić information content (AvgIpc) is 2.38. The first-order chi connectivity index (χ1) is 9.86. The van der Waals surface area contributed by atoms with Crippen molar-refractivity contribution in [2.75, 3.05) is 10.8 Å². The topological polar surface area (TPSA) is 37.4 Å².